The lowest BCUT2D eigenvalue weighted by Crippen LogP contribution is -2.43. The van der Waals surface area contributed by atoms with Crippen LogP contribution in [-0.4, -0.2) is 37.4 Å². The van der Waals surface area contributed by atoms with Crippen molar-refractivity contribution in [1.82, 2.24) is 4.98 Å². The average molecular weight is 328 g/mol. The molecule has 2 heterocycles. The lowest BCUT2D eigenvalue weighted by molar-refractivity contribution is 0.0113. The molecule has 0 radical (unpaired) electrons. The maximum Gasteiger partial charge on any atom is 0.128 e. The van der Waals surface area contributed by atoms with Crippen molar-refractivity contribution in [3.63, 3.8) is 0 Å². The summed E-state index contributed by atoms with van der Waals surface area (Å²) in [6.45, 7) is 3.51. The number of benzene rings is 1. The molecule has 1 N–H and O–H groups in total. The predicted molar refractivity (Wildman–Crippen MR) is 93.9 cm³/mol. The maximum absolute atomic E-state index is 11.1. The zero-order valence-electron chi connectivity index (χ0n) is 14.5. The molecular formula is C19H24N2O3. The molecule has 0 unspecified atom stereocenters. The van der Waals surface area contributed by atoms with E-state index in [1.54, 1.807) is 14.2 Å². The smallest absolute Gasteiger partial charge is 0.128 e. The number of pyridine rings is 1. The second kappa shape index (κ2) is 6.69. The van der Waals surface area contributed by atoms with Crippen LogP contribution in [0.25, 0.3) is 0 Å². The van der Waals surface area contributed by atoms with Crippen molar-refractivity contribution in [3.05, 3.63) is 47.7 Å². The largest absolute Gasteiger partial charge is 0.497 e. The molecule has 0 saturated carbocycles. The van der Waals surface area contributed by atoms with Crippen molar-refractivity contribution >= 4 is 5.82 Å². The van der Waals surface area contributed by atoms with Gasteiger partial charge in [0.2, 0.25) is 0 Å². The molecule has 5 heteroatoms. The van der Waals surface area contributed by atoms with E-state index in [0.29, 0.717) is 24.3 Å². The number of piperidine rings is 1. The van der Waals surface area contributed by atoms with Gasteiger partial charge in [-0.1, -0.05) is 6.07 Å². The van der Waals surface area contributed by atoms with Gasteiger partial charge < -0.3 is 19.5 Å². The number of ether oxygens (including phenoxy) is 2. The molecule has 128 valence electrons. The summed E-state index contributed by atoms with van der Waals surface area (Å²) in [6, 6.07) is 11.6. The monoisotopic (exact) mass is 328 g/mol. The first-order chi connectivity index (χ1) is 11.5. The van der Waals surface area contributed by atoms with Gasteiger partial charge in [0.05, 0.1) is 19.8 Å². The minimum Gasteiger partial charge on any atom is -0.497 e. The maximum atomic E-state index is 11.1. The van der Waals surface area contributed by atoms with E-state index in [4.69, 9.17) is 9.47 Å². The highest BCUT2D eigenvalue weighted by Gasteiger charge is 2.35. The van der Waals surface area contributed by atoms with Crippen LogP contribution in [0.15, 0.2) is 36.4 Å². The van der Waals surface area contributed by atoms with Crippen LogP contribution in [0.1, 0.15) is 24.1 Å². The molecule has 1 saturated heterocycles. The number of methoxy groups -OCH3 is 2. The van der Waals surface area contributed by atoms with E-state index in [-0.39, 0.29) is 0 Å². The Hall–Kier alpha value is -2.27. The molecule has 0 bridgehead atoms. The van der Waals surface area contributed by atoms with Crippen LogP contribution < -0.4 is 14.4 Å². The highest BCUT2D eigenvalue weighted by molar-refractivity contribution is 5.44. The SMILES string of the molecule is COc1cc(OC)cc(C2(O)CCN(c3cccc(C)n3)CC2)c1. The number of aryl methyl sites for hydroxylation is 1. The molecule has 0 atom stereocenters. The van der Waals surface area contributed by atoms with Crippen LogP contribution in [0.3, 0.4) is 0 Å². The molecule has 1 fully saturated rings. The number of aromatic nitrogens is 1. The van der Waals surface area contributed by atoms with Crippen molar-refractivity contribution in [2.75, 3.05) is 32.2 Å². The van der Waals surface area contributed by atoms with Gasteiger partial charge in [0.1, 0.15) is 17.3 Å². The summed E-state index contributed by atoms with van der Waals surface area (Å²) in [5.41, 5.74) is 0.976. The zero-order chi connectivity index (χ0) is 17.2. The predicted octanol–water partition coefficient (Wildman–Crippen LogP) is 2.90. The fourth-order valence-electron chi connectivity index (χ4n) is 3.18. The Bertz CT molecular complexity index is 687. The van der Waals surface area contributed by atoms with E-state index in [9.17, 15) is 5.11 Å². The van der Waals surface area contributed by atoms with Gasteiger partial charge in [-0.2, -0.15) is 0 Å². The fourth-order valence-corrected chi connectivity index (χ4v) is 3.18. The first-order valence-electron chi connectivity index (χ1n) is 8.18. The second-order valence-electron chi connectivity index (χ2n) is 6.26. The van der Waals surface area contributed by atoms with Gasteiger partial charge in [-0.15, -0.1) is 0 Å². The van der Waals surface area contributed by atoms with Gasteiger partial charge in [-0.05, 0) is 49.6 Å². The Kier molecular flexibility index (Phi) is 4.62. The van der Waals surface area contributed by atoms with Crippen LogP contribution in [-0.2, 0) is 5.60 Å². The third kappa shape index (κ3) is 3.31. The van der Waals surface area contributed by atoms with Gasteiger partial charge in [0, 0.05) is 24.8 Å². The van der Waals surface area contributed by atoms with Crippen molar-refractivity contribution in [1.29, 1.82) is 0 Å². The summed E-state index contributed by atoms with van der Waals surface area (Å²) in [7, 11) is 3.24. The van der Waals surface area contributed by atoms with E-state index < -0.39 is 5.60 Å². The van der Waals surface area contributed by atoms with Gasteiger partial charge >= 0.3 is 0 Å². The van der Waals surface area contributed by atoms with Crippen LogP contribution in [0.4, 0.5) is 5.82 Å². The molecule has 1 aromatic heterocycles. The van der Waals surface area contributed by atoms with E-state index in [1.165, 1.54) is 0 Å². The molecular weight excluding hydrogens is 304 g/mol. The normalized spacial score (nSPS) is 16.8. The van der Waals surface area contributed by atoms with E-state index >= 15 is 0 Å². The lowest BCUT2D eigenvalue weighted by atomic mass is 9.84. The second-order valence-corrected chi connectivity index (χ2v) is 6.26. The Morgan fingerprint density at radius 1 is 1.04 bits per heavy atom. The molecule has 3 rings (SSSR count). The molecule has 1 aromatic carbocycles. The quantitative estimate of drug-likeness (QED) is 0.935. The van der Waals surface area contributed by atoms with E-state index in [2.05, 4.69) is 9.88 Å². The van der Waals surface area contributed by atoms with E-state index in [0.717, 1.165) is 30.2 Å². The lowest BCUT2D eigenvalue weighted by Gasteiger charge is -2.39. The van der Waals surface area contributed by atoms with Crippen molar-refractivity contribution < 1.29 is 14.6 Å². The summed E-state index contributed by atoms with van der Waals surface area (Å²) in [5, 5.41) is 11.1. The molecule has 0 amide bonds. The zero-order valence-corrected chi connectivity index (χ0v) is 14.5. The highest BCUT2D eigenvalue weighted by atomic mass is 16.5. The van der Waals surface area contributed by atoms with Crippen LogP contribution in [0.5, 0.6) is 11.5 Å². The summed E-state index contributed by atoms with van der Waals surface area (Å²) < 4.78 is 10.7. The number of hydrogen-bond donors (Lipinski definition) is 1. The summed E-state index contributed by atoms with van der Waals surface area (Å²) >= 11 is 0. The minimum absolute atomic E-state index is 0.638. The Morgan fingerprint density at radius 2 is 1.67 bits per heavy atom. The first kappa shape index (κ1) is 16.6. The average Bonchev–Trinajstić information content (AvgIpc) is 2.62. The number of hydrogen-bond acceptors (Lipinski definition) is 5. The number of nitrogens with zero attached hydrogens (tertiary/aromatic N) is 2. The molecule has 24 heavy (non-hydrogen) atoms. The highest BCUT2D eigenvalue weighted by Crippen LogP contribution is 2.37. The van der Waals surface area contributed by atoms with Crippen molar-refractivity contribution in [3.8, 4) is 11.5 Å². The molecule has 5 nitrogen and oxygen atoms in total. The minimum atomic E-state index is -0.873. The molecule has 1 aliphatic rings. The first-order valence-corrected chi connectivity index (χ1v) is 8.18. The Balaban J connectivity index is 1.79. The van der Waals surface area contributed by atoms with Gasteiger partial charge in [-0.3, -0.25) is 0 Å². The third-order valence-corrected chi connectivity index (χ3v) is 4.68. The van der Waals surface area contributed by atoms with Gasteiger partial charge in [-0.25, -0.2) is 4.98 Å². The van der Waals surface area contributed by atoms with Gasteiger partial charge in [0.25, 0.3) is 0 Å². The topological polar surface area (TPSA) is 54.8 Å². The van der Waals surface area contributed by atoms with E-state index in [1.807, 2.05) is 43.3 Å². The standard InChI is InChI=1S/C19H24N2O3/c1-14-5-4-6-18(20-14)21-9-7-19(22,8-10-21)15-11-16(23-2)13-17(12-15)24-3/h4-6,11-13,22H,7-10H2,1-3H3. The fraction of sp³-hybridized carbons (Fsp3) is 0.421. The number of aliphatic hydroxyl groups is 1. The van der Waals surface area contributed by atoms with Crippen molar-refractivity contribution in [2.24, 2.45) is 0 Å². The summed E-state index contributed by atoms with van der Waals surface area (Å²) in [4.78, 5) is 6.80. The third-order valence-electron chi connectivity index (χ3n) is 4.68. The number of rotatable bonds is 4. The van der Waals surface area contributed by atoms with Crippen LogP contribution in [0.2, 0.25) is 0 Å². The Labute approximate surface area is 142 Å². The molecule has 1 aliphatic heterocycles. The Morgan fingerprint density at radius 3 is 2.21 bits per heavy atom. The molecule has 0 aliphatic carbocycles. The van der Waals surface area contributed by atoms with Crippen molar-refractivity contribution in [2.45, 2.75) is 25.4 Å². The molecule has 2 aromatic rings. The summed E-state index contributed by atoms with van der Waals surface area (Å²) in [5.74, 6) is 2.36. The molecule has 0 spiro atoms. The van der Waals surface area contributed by atoms with Crippen LogP contribution in [0, 0.1) is 6.92 Å². The van der Waals surface area contributed by atoms with Gasteiger partial charge in [0.15, 0.2) is 0 Å². The number of anilines is 1. The summed E-state index contributed by atoms with van der Waals surface area (Å²) in [6.07, 6.45) is 1.28. The van der Waals surface area contributed by atoms with Crippen LogP contribution >= 0.6 is 0 Å².